The van der Waals surface area contributed by atoms with Crippen molar-refractivity contribution < 1.29 is 8.42 Å². The fourth-order valence-corrected chi connectivity index (χ4v) is 3.64. The Balaban J connectivity index is 2.06. The molecule has 0 bridgehead atoms. The molecule has 1 aromatic rings. The predicted octanol–water partition coefficient (Wildman–Crippen LogP) is 6.46. The molecule has 24 heavy (non-hydrogen) atoms. The van der Waals surface area contributed by atoms with Gasteiger partial charge >= 0.3 is 0 Å². The van der Waals surface area contributed by atoms with E-state index in [1.165, 1.54) is 76.2 Å². The van der Waals surface area contributed by atoms with Crippen molar-refractivity contribution in [1.82, 2.24) is 0 Å². The summed E-state index contributed by atoms with van der Waals surface area (Å²) < 4.78 is 23.3. The van der Waals surface area contributed by atoms with Gasteiger partial charge in [-0.1, -0.05) is 89.8 Å². The van der Waals surface area contributed by atoms with E-state index in [0.717, 1.165) is 11.8 Å². The van der Waals surface area contributed by atoms with E-state index in [2.05, 4.69) is 13.5 Å². The molecular weight excluding hydrogens is 316 g/mol. The van der Waals surface area contributed by atoms with Crippen LogP contribution < -0.4 is 0 Å². The van der Waals surface area contributed by atoms with E-state index in [0.29, 0.717) is 4.90 Å². The summed E-state index contributed by atoms with van der Waals surface area (Å²) in [5.41, 5.74) is 1.22. The lowest BCUT2D eigenvalue weighted by atomic mass is 10.0. The molecule has 0 aliphatic carbocycles. The average Bonchev–Trinajstić information content (AvgIpc) is 2.60. The molecule has 0 aromatic heterocycles. The van der Waals surface area contributed by atoms with Crippen LogP contribution in [0.2, 0.25) is 0 Å². The lowest BCUT2D eigenvalue weighted by Gasteiger charge is -2.04. The van der Waals surface area contributed by atoms with Gasteiger partial charge < -0.3 is 0 Å². The van der Waals surface area contributed by atoms with Crippen LogP contribution in [-0.4, -0.2) is 8.42 Å². The Morgan fingerprint density at radius 1 is 0.792 bits per heavy atom. The van der Waals surface area contributed by atoms with Crippen LogP contribution >= 0.6 is 0 Å². The van der Waals surface area contributed by atoms with Crippen LogP contribution in [0.4, 0.5) is 0 Å². The van der Waals surface area contributed by atoms with E-state index >= 15 is 0 Å². The normalized spacial score (nSPS) is 11.5. The van der Waals surface area contributed by atoms with Crippen LogP contribution in [0.1, 0.15) is 83.1 Å². The van der Waals surface area contributed by atoms with Gasteiger partial charge in [0.2, 0.25) is 0 Å². The first-order chi connectivity index (χ1) is 11.6. The van der Waals surface area contributed by atoms with Gasteiger partial charge in [-0.3, -0.25) is 0 Å². The molecule has 2 nitrogen and oxygen atoms in total. The zero-order valence-corrected chi connectivity index (χ0v) is 16.1. The molecule has 0 N–H and O–H groups in total. The molecule has 1 aromatic carbocycles. The summed E-state index contributed by atoms with van der Waals surface area (Å²) in [6.45, 7) is 5.61. The summed E-state index contributed by atoms with van der Waals surface area (Å²) in [6, 6.07) is 7.22. The van der Waals surface area contributed by atoms with Crippen LogP contribution in [0.3, 0.4) is 0 Å². The van der Waals surface area contributed by atoms with Crippen molar-refractivity contribution in [2.24, 2.45) is 0 Å². The highest BCUT2D eigenvalue weighted by Crippen LogP contribution is 2.16. The van der Waals surface area contributed by atoms with Gasteiger partial charge in [-0.2, -0.15) is 0 Å². The van der Waals surface area contributed by atoms with Crippen LogP contribution in [0.25, 0.3) is 0 Å². The van der Waals surface area contributed by atoms with E-state index in [-0.39, 0.29) is 0 Å². The van der Waals surface area contributed by atoms with Crippen molar-refractivity contribution in [3.05, 3.63) is 41.8 Å². The maximum Gasteiger partial charge on any atom is 0.199 e. The third-order valence-electron chi connectivity index (χ3n) is 4.54. The SMILES string of the molecule is C=CS(=O)(=O)c1ccc(CCCCCCCCCCCCC)cc1. The Bertz CT molecular complexity index is 544. The largest absolute Gasteiger partial charge is 0.219 e. The van der Waals surface area contributed by atoms with E-state index in [1.807, 2.05) is 12.1 Å². The van der Waals surface area contributed by atoms with Crippen molar-refractivity contribution in [3.63, 3.8) is 0 Å². The number of rotatable bonds is 14. The Kier molecular flexibility index (Phi) is 10.7. The molecular formula is C21H34O2S. The zero-order valence-electron chi connectivity index (χ0n) is 15.3. The molecule has 1 rings (SSSR count). The number of unbranched alkanes of at least 4 members (excludes halogenated alkanes) is 10. The summed E-state index contributed by atoms with van der Waals surface area (Å²) in [4.78, 5) is 0.334. The van der Waals surface area contributed by atoms with Gasteiger partial charge in [-0.05, 0) is 30.5 Å². The maximum atomic E-state index is 11.7. The van der Waals surface area contributed by atoms with E-state index in [4.69, 9.17) is 0 Å². The number of sulfone groups is 1. The standard InChI is InChI=1S/C21H34O2S/c1-3-5-6-7-8-9-10-11-12-13-14-15-20-16-18-21(19-17-20)24(22,23)4-2/h4,16-19H,2-3,5-15H2,1H3. The number of benzene rings is 1. The quantitative estimate of drug-likeness (QED) is 0.361. The summed E-state index contributed by atoms with van der Waals surface area (Å²) in [7, 11) is -3.30. The van der Waals surface area contributed by atoms with Crippen LogP contribution in [0, 0.1) is 0 Å². The minimum Gasteiger partial charge on any atom is -0.219 e. The molecule has 0 heterocycles. The second-order valence-electron chi connectivity index (χ2n) is 6.64. The third kappa shape index (κ3) is 8.68. The Morgan fingerprint density at radius 3 is 1.71 bits per heavy atom. The first-order valence-electron chi connectivity index (χ1n) is 9.56. The molecule has 0 saturated heterocycles. The van der Waals surface area contributed by atoms with Crippen LogP contribution in [-0.2, 0) is 16.3 Å². The Labute approximate surface area is 149 Å². The summed E-state index contributed by atoms with van der Waals surface area (Å²) in [5, 5.41) is 1.01. The molecule has 0 spiro atoms. The molecule has 0 amide bonds. The van der Waals surface area contributed by atoms with Gasteiger partial charge in [0.25, 0.3) is 0 Å². The van der Waals surface area contributed by atoms with Crippen LogP contribution in [0.5, 0.6) is 0 Å². The van der Waals surface area contributed by atoms with Gasteiger partial charge in [-0.15, -0.1) is 0 Å². The van der Waals surface area contributed by atoms with Gasteiger partial charge in [0, 0.05) is 5.41 Å². The molecule has 0 fully saturated rings. The minimum atomic E-state index is -3.30. The van der Waals surface area contributed by atoms with Gasteiger partial charge in [0.15, 0.2) is 9.84 Å². The molecule has 0 aliphatic rings. The first kappa shape index (κ1) is 21.0. The van der Waals surface area contributed by atoms with E-state index in [9.17, 15) is 8.42 Å². The molecule has 136 valence electrons. The molecule has 3 heteroatoms. The average molecular weight is 351 g/mol. The summed E-state index contributed by atoms with van der Waals surface area (Å²) in [5.74, 6) is 0. The van der Waals surface area contributed by atoms with Crippen LogP contribution in [0.15, 0.2) is 41.1 Å². The van der Waals surface area contributed by atoms with E-state index in [1.54, 1.807) is 12.1 Å². The second kappa shape index (κ2) is 12.3. The monoisotopic (exact) mass is 350 g/mol. The van der Waals surface area contributed by atoms with Crippen molar-refractivity contribution in [1.29, 1.82) is 0 Å². The zero-order chi connectivity index (χ0) is 17.7. The van der Waals surface area contributed by atoms with Gasteiger partial charge in [-0.25, -0.2) is 8.42 Å². The molecule has 0 aliphatic heterocycles. The number of aryl methyl sites for hydroxylation is 1. The Hall–Kier alpha value is -1.09. The fraction of sp³-hybridized carbons (Fsp3) is 0.619. The number of hydrogen-bond donors (Lipinski definition) is 0. The van der Waals surface area contributed by atoms with Crippen molar-refractivity contribution in [3.8, 4) is 0 Å². The molecule has 0 atom stereocenters. The topological polar surface area (TPSA) is 34.1 Å². The summed E-state index contributed by atoms with van der Waals surface area (Å²) in [6.07, 6.45) is 15.9. The maximum absolute atomic E-state index is 11.7. The Morgan fingerprint density at radius 2 is 1.25 bits per heavy atom. The number of hydrogen-bond acceptors (Lipinski definition) is 2. The first-order valence-corrected chi connectivity index (χ1v) is 11.1. The van der Waals surface area contributed by atoms with Gasteiger partial charge in [0.1, 0.15) is 0 Å². The fourth-order valence-electron chi connectivity index (χ4n) is 2.94. The molecule has 0 radical (unpaired) electrons. The smallest absolute Gasteiger partial charge is 0.199 e. The highest BCUT2D eigenvalue weighted by Gasteiger charge is 2.08. The minimum absolute atomic E-state index is 0.334. The lowest BCUT2D eigenvalue weighted by molar-refractivity contribution is 0.549. The van der Waals surface area contributed by atoms with Crippen molar-refractivity contribution >= 4 is 9.84 Å². The van der Waals surface area contributed by atoms with Crippen molar-refractivity contribution in [2.45, 2.75) is 88.9 Å². The highest BCUT2D eigenvalue weighted by atomic mass is 32.2. The predicted molar refractivity (Wildman–Crippen MR) is 104 cm³/mol. The van der Waals surface area contributed by atoms with E-state index < -0.39 is 9.84 Å². The van der Waals surface area contributed by atoms with Gasteiger partial charge in [0.05, 0.1) is 4.90 Å². The highest BCUT2D eigenvalue weighted by molar-refractivity contribution is 7.94. The molecule has 0 saturated carbocycles. The summed E-state index contributed by atoms with van der Waals surface area (Å²) >= 11 is 0. The lowest BCUT2D eigenvalue weighted by Crippen LogP contribution is -1.96. The second-order valence-corrected chi connectivity index (χ2v) is 8.54. The molecule has 0 unspecified atom stereocenters. The van der Waals surface area contributed by atoms with Crippen molar-refractivity contribution in [2.75, 3.05) is 0 Å². The third-order valence-corrected chi connectivity index (χ3v) is 5.91.